The molecule has 3 rings (SSSR count). The Hall–Kier alpha value is -2.49. The number of fused-ring (bicyclic) bond motifs is 1. The molecule has 4 nitrogen and oxygen atoms in total. The molecule has 0 bridgehead atoms. The minimum absolute atomic E-state index is 0.307. The minimum atomic E-state index is 0.307. The Morgan fingerprint density at radius 1 is 1.14 bits per heavy atom. The lowest BCUT2D eigenvalue weighted by atomic mass is 10.1. The van der Waals surface area contributed by atoms with Crippen molar-refractivity contribution in [2.24, 2.45) is 0 Å². The van der Waals surface area contributed by atoms with Crippen LogP contribution in [0, 0.1) is 0 Å². The number of rotatable bonds is 5. The normalized spacial score (nSPS) is 10.9. The summed E-state index contributed by atoms with van der Waals surface area (Å²) in [4.78, 5) is 4.36. The van der Waals surface area contributed by atoms with Crippen LogP contribution >= 0.6 is 0 Å². The summed E-state index contributed by atoms with van der Waals surface area (Å²) >= 11 is 0. The predicted molar refractivity (Wildman–Crippen MR) is 83.2 cm³/mol. The molecule has 0 saturated carbocycles. The molecule has 0 fully saturated rings. The van der Waals surface area contributed by atoms with Gasteiger partial charge < -0.3 is 14.9 Å². The van der Waals surface area contributed by atoms with Crippen LogP contribution in [0.15, 0.2) is 46.9 Å². The number of ether oxygens (including phenoxy) is 1. The van der Waals surface area contributed by atoms with Crippen molar-refractivity contribution < 1.29 is 9.15 Å². The quantitative estimate of drug-likeness (QED) is 0.720. The second kappa shape index (κ2) is 5.87. The number of hydrogen-bond acceptors (Lipinski definition) is 4. The lowest BCUT2D eigenvalue weighted by Crippen LogP contribution is -1.95. The van der Waals surface area contributed by atoms with Gasteiger partial charge in [-0.05, 0) is 42.3 Å². The first-order chi connectivity index (χ1) is 10.2. The number of anilines is 1. The third-order valence-electron chi connectivity index (χ3n) is 3.28. The van der Waals surface area contributed by atoms with Crippen molar-refractivity contribution in [3.63, 3.8) is 0 Å². The van der Waals surface area contributed by atoms with Crippen LogP contribution in [-0.4, -0.2) is 4.98 Å². The molecular weight excluding hydrogens is 264 g/mol. The maximum absolute atomic E-state index is 5.72. The zero-order valence-electron chi connectivity index (χ0n) is 12.0. The van der Waals surface area contributed by atoms with Crippen LogP contribution in [0.3, 0.4) is 0 Å². The summed E-state index contributed by atoms with van der Waals surface area (Å²) in [7, 11) is 0. The van der Waals surface area contributed by atoms with Crippen LogP contribution < -0.4 is 10.5 Å². The van der Waals surface area contributed by atoms with E-state index in [1.54, 1.807) is 12.1 Å². The number of hydrogen-bond donors (Lipinski definition) is 1. The van der Waals surface area contributed by atoms with Crippen molar-refractivity contribution in [3.05, 3.63) is 53.9 Å². The van der Waals surface area contributed by atoms with Gasteiger partial charge in [-0.3, -0.25) is 0 Å². The summed E-state index contributed by atoms with van der Waals surface area (Å²) in [5.41, 5.74) is 9.20. The van der Waals surface area contributed by atoms with Crippen LogP contribution in [0.4, 0.5) is 5.69 Å². The Balaban J connectivity index is 1.68. The Kier molecular flexibility index (Phi) is 3.77. The van der Waals surface area contributed by atoms with E-state index < -0.39 is 0 Å². The molecule has 0 saturated heterocycles. The number of aromatic nitrogens is 1. The number of nitrogens with zero attached hydrogens (tertiary/aromatic N) is 1. The first kappa shape index (κ1) is 13.5. The van der Waals surface area contributed by atoms with Gasteiger partial charge in [0.2, 0.25) is 5.89 Å². The summed E-state index contributed by atoms with van der Waals surface area (Å²) in [6, 6.07) is 13.5. The SMILES string of the molecule is CCCc1ccc(OCc2nc3cc(N)ccc3o2)cc1. The first-order valence-corrected chi connectivity index (χ1v) is 7.11. The highest BCUT2D eigenvalue weighted by Gasteiger charge is 2.06. The van der Waals surface area contributed by atoms with Gasteiger partial charge in [0.1, 0.15) is 11.3 Å². The number of oxazole rings is 1. The molecule has 0 amide bonds. The third-order valence-corrected chi connectivity index (χ3v) is 3.28. The molecule has 0 aliphatic carbocycles. The van der Waals surface area contributed by atoms with Gasteiger partial charge in [0.05, 0.1) is 0 Å². The molecule has 108 valence electrons. The smallest absolute Gasteiger partial charge is 0.233 e. The van der Waals surface area contributed by atoms with E-state index in [9.17, 15) is 0 Å². The molecular formula is C17H18N2O2. The van der Waals surface area contributed by atoms with E-state index >= 15 is 0 Å². The van der Waals surface area contributed by atoms with E-state index in [0.717, 1.165) is 29.7 Å². The molecule has 3 aromatic rings. The molecule has 2 N–H and O–H groups in total. The average Bonchev–Trinajstić information content (AvgIpc) is 2.89. The van der Waals surface area contributed by atoms with Gasteiger partial charge in [-0.2, -0.15) is 0 Å². The number of nitrogen functional groups attached to an aromatic ring is 1. The summed E-state index contributed by atoms with van der Waals surface area (Å²) in [6.45, 7) is 2.48. The number of aryl methyl sites for hydroxylation is 1. The van der Waals surface area contributed by atoms with E-state index in [2.05, 4.69) is 24.0 Å². The zero-order chi connectivity index (χ0) is 14.7. The standard InChI is InChI=1S/C17H18N2O2/c1-2-3-12-4-7-14(8-5-12)20-11-17-19-15-10-13(18)6-9-16(15)21-17/h4-10H,2-3,11,18H2,1H3. The fourth-order valence-corrected chi connectivity index (χ4v) is 2.24. The Morgan fingerprint density at radius 2 is 1.95 bits per heavy atom. The monoisotopic (exact) mass is 282 g/mol. The Bertz CT molecular complexity index is 732. The van der Waals surface area contributed by atoms with Crippen LogP contribution in [0.5, 0.6) is 5.75 Å². The maximum Gasteiger partial charge on any atom is 0.233 e. The molecule has 0 spiro atoms. The van der Waals surface area contributed by atoms with Crippen molar-refractivity contribution in [1.82, 2.24) is 4.98 Å². The molecule has 0 aliphatic heterocycles. The minimum Gasteiger partial charge on any atom is -0.484 e. The zero-order valence-corrected chi connectivity index (χ0v) is 12.0. The van der Waals surface area contributed by atoms with Crippen molar-refractivity contribution in [2.75, 3.05) is 5.73 Å². The Morgan fingerprint density at radius 3 is 2.71 bits per heavy atom. The van der Waals surface area contributed by atoms with Crippen LogP contribution in [0.25, 0.3) is 11.1 Å². The van der Waals surface area contributed by atoms with E-state index in [0.29, 0.717) is 18.2 Å². The molecule has 1 aromatic heterocycles. The summed E-state index contributed by atoms with van der Waals surface area (Å²) in [5.74, 6) is 1.37. The number of nitrogens with two attached hydrogens (primary N) is 1. The molecule has 0 unspecified atom stereocenters. The van der Waals surface area contributed by atoms with Gasteiger partial charge in [0, 0.05) is 5.69 Å². The van der Waals surface area contributed by atoms with Gasteiger partial charge in [-0.15, -0.1) is 0 Å². The van der Waals surface area contributed by atoms with Crippen LogP contribution in [-0.2, 0) is 13.0 Å². The second-order valence-electron chi connectivity index (χ2n) is 5.02. The van der Waals surface area contributed by atoms with E-state index in [1.165, 1.54) is 5.56 Å². The first-order valence-electron chi connectivity index (χ1n) is 7.11. The predicted octanol–water partition coefficient (Wildman–Crippen LogP) is 3.94. The molecule has 4 heteroatoms. The van der Waals surface area contributed by atoms with E-state index in [1.807, 2.05) is 18.2 Å². The van der Waals surface area contributed by atoms with E-state index in [-0.39, 0.29) is 0 Å². The largest absolute Gasteiger partial charge is 0.484 e. The van der Waals surface area contributed by atoms with Gasteiger partial charge in [-0.1, -0.05) is 25.5 Å². The van der Waals surface area contributed by atoms with Crippen molar-refractivity contribution in [1.29, 1.82) is 0 Å². The highest BCUT2D eigenvalue weighted by Crippen LogP contribution is 2.20. The molecule has 0 radical (unpaired) electrons. The number of benzene rings is 2. The Labute approximate surface area is 123 Å². The fraction of sp³-hybridized carbons (Fsp3) is 0.235. The van der Waals surface area contributed by atoms with Crippen molar-refractivity contribution in [2.45, 2.75) is 26.4 Å². The van der Waals surface area contributed by atoms with Crippen LogP contribution in [0.1, 0.15) is 24.8 Å². The molecule has 21 heavy (non-hydrogen) atoms. The lowest BCUT2D eigenvalue weighted by molar-refractivity contribution is 0.267. The lowest BCUT2D eigenvalue weighted by Gasteiger charge is -2.04. The highest BCUT2D eigenvalue weighted by atomic mass is 16.5. The highest BCUT2D eigenvalue weighted by molar-refractivity contribution is 5.76. The fourth-order valence-electron chi connectivity index (χ4n) is 2.24. The van der Waals surface area contributed by atoms with Crippen molar-refractivity contribution in [3.8, 4) is 5.75 Å². The second-order valence-corrected chi connectivity index (χ2v) is 5.02. The third kappa shape index (κ3) is 3.16. The summed E-state index contributed by atoms with van der Waals surface area (Å²) in [5, 5.41) is 0. The topological polar surface area (TPSA) is 61.3 Å². The summed E-state index contributed by atoms with van der Waals surface area (Å²) in [6.07, 6.45) is 2.24. The van der Waals surface area contributed by atoms with Gasteiger partial charge >= 0.3 is 0 Å². The summed E-state index contributed by atoms with van der Waals surface area (Å²) < 4.78 is 11.3. The molecule has 0 aliphatic rings. The van der Waals surface area contributed by atoms with Gasteiger partial charge in [0.15, 0.2) is 12.2 Å². The van der Waals surface area contributed by atoms with Crippen LogP contribution in [0.2, 0.25) is 0 Å². The average molecular weight is 282 g/mol. The molecule has 0 atom stereocenters. The maximum atomic E-state index is 5.72. The molecule has 2 aromatic carbocycles. The van der Waals surface area contributed by atoms with Gasteiger partial charge in [0.25, 0.3) is 0 Å². The van der Waals surface area contributed by atoms with Gasteiger partial charge in [-0.25, -0.2) is 4.98 Å². The van der Waals surface area contributed by atoms with E-state index in [4.69, 9.17) is 14.9 Å². The molecule has 1 heterocycles. The van der Waals surface area contributed by atoms with Crippen molar-refractivity contribution >= 4 is 16.8 Å².